The lowest BCUT2D eigenvalue weighted by molar-refractivity contribution is -0.133. The van der Waals surface area contributed by atoms with Gasteiger partial charge in [-0.15, -0.1) is 0 Å². The lowest BCUT2D eigenvalue weighted by Gasteiger charge is -2.34. The highest BCUT2D eigenvalue weighted by molar-refractivity contribution is 5.76. The van der Waals surface area contributed by atoms with Gasteiger partial charge in [0.15, 0.2) is 0 Å². The van der Waals surface area contributed by atoms with Gasteiger partial charge in [0.05, 0.1) is 0 Å². The Morgan fingerprint density at radius 2 is 1.90 bits per heavy atom. The minimum absolute atomic E-state index is 0.306. The first-order valence-electron chi connectivity index (χ1n) is 7.76. The molecule has 0 atom stereocenters. The van der Waals surface area contributed by atoms with Crippen LogP contribution in [0.25, 0.3) is 0 Å². The summed E-state index contributed by atoms with van der Waals surface area (Å²) in [5.41, 5.74) is 2.52. The normalized spacial score (nSPS) is 16.1. The Bertz CT molecular complexity index is 421. The summed E-state index contributed by atoms with van der Waals surface area (Å²) in [5.74, 6) is 0.306. The van der Waals surface area contributed by atoms with Crippen LogP contribution in [0.3, 0.4) is 0 Å². The van der Waals surface area contributed by atoms with Gasteiger partial charge < -0.3 is 10.2 Å². The second-order valence-corrected chi connectivity index (χ2v) is 5.65. The number of amides is 1. The molecule has 20 heavy (non-hydrogen) atoms. The number of nitrogens with zero attached hydrogens (tertiary/aromatic N) is 1. The minimum Gasteiger partial charge on any atom is -0.340 e. The highest BCUT2D eigenvalue weighted by Gasteiger charge is 2.23. The van der Waals surface area contributed by atoms with E-state index in [0.717, 1.165) is 38.9 Å². The van der Waals surface area contributed by atoms with E-state index in [1.807, 2.05) is 0 Å². The van der Waals surface area contributed by atoms with Gasteiger partial charge in [0.2, 0.25) is 5.91 Å². The predicted octanol–water partition coefficient (Wildman–Crippen LogP) is 2.53. The van der Waals surface area contributed by atoms with Crippen molar-refractivity contribution in [3.63, 3.8) is 0 Å². The third-order valence-electron chi connectivity index (χ3n) is 4.16. The third-order valence-corrected chi connectivity index (χ3v) is 4.16. The Balaban J connectivity index is 1.87. The van der Waals surface area contributed by atoms with Crippen LogP contribution in [-0.4, -0.2) is 36.5 Å². The highest BCUT2D eigenvalue weighted by atomic mass is 16.2. The molecule has 1 N–H and O–H groups in total. The van der Waals surface area contributed by atoms with Gasteiger partial charge in [0.25, 0.3) is 0 Å². The molecule has 2 rings (SSSR count). The molecule has 1 amide bonds. The molecule has 0 aliphatic carbocycles. The summed E-state index contributed by atoms with van der Waals surface area (Å²) in [5, 5.41) is 3.36. The average Bonchev–Trinajstić information content (AvgIpc) is 2.48. The smallest absolute Gasteiger partial charge is 0.223 e. The maximum absolute atomic E-state index is 12.4. The van der Waals surface area contributed by atoms with Gasteiger partial charge in [-0.1, -0.05) is 29.8 Å². The van der Waals surface area contributed by atoms with E-state index in [-0.39, 0.29) is 0 Å². The van der Waals surface area contributed by atoms with Gasteiger partial charge in [-0.05, 0) is 51.8 Å². The Morgan fingerprint density at radius 3 is 2.50 bits per heavy atom. The molecule has 1 aromatic carbocycles. The first kappa shape index (κ1) is 15.0. The number of piperidine rings is 1. The van der Waals surface area contributed by atoms with Crippen LogP contribution in [0.15, 0.2) is 24.3 Å². The van der Waals surface area contributed by atoms with Crippen molar-refractivity contribution in [3.05, 3.63) is 35.4 Å². The fourth-order valence-electron chi connectivity index (χ4n) is 2.91. The molecular weight excluding hydrogens is 248 g/mol. The van der Waals surface area contributed by atoms with Crippen LogP contribution in [0.2, 0.25) is 0 Å². The van der Waals surface area contributed by atoms with Crippen molar-refractivity contribution in [1.29, 1.82) is 0 Å². The zero-order valence-electron chi connectivity index (χ0n) is 12.7. The summed E-state index contributed by atoms with van der Waals surface area (Å²) in [6.07, 6.45) is 3.65. The van der Waals surface area contributed by atoms with Crippen molar-refractivity contribution >= 4 is 5.91 Å². The summed E-state index contributed by atoms with van der Waals surface area (Å²) in [7, 11) is 0. The van der Waals surface area contributed by atoms with Crippen LogP contribution < -0.4 is 5.32 Å². The van der Waals surface area contributed by atoms with Gasteiger partial charge in [-0.25, -0.2) is 0 Å². The fraction of sp³-hybridized carbons (Fsp3) is 0.588. The van der Waals surface area contributed by atoms with E-state index >= 15 is 0 Å². The van der Waals surface area contributed by atoms with E-state index in [1.165, 1.54) is 11.1 Å². The Kier molecular flexibility index (Phi) is 5.60. The maximum Gasteiger partial charge on any atom is 0.223 e. The first-order chi connectivity index (χ1) is 9.70. The van der Waals surface area contributed by atoms with Crippen molar-refractivity contribution in [2.75, 3.05) is 19.6 Å². The van der Waals surface area contributed by atoms with E-state index in [9.17, 15) is 4.79 Å². The molecule has 3 heteroatoms. The lowest BCUT2D eigenvalue weighted by Crippen LogP contribution is -2.46. The van der Waals surface area contributed by atoms with Gasteiger partial charge >= 0.3 is 0 Å². The van der Waals surface area contributed by atoms with Crippen molar-refractivity contribution < 1.29 is 4.79 Å². The average molecular weight is 274 g/mol. The largest absolute Gasteiger partial charge is 0.340 e. The van der Waals surface area contributed by atoms with E-state index < -0.39 is 0 Å². The van der Waals surface area contributed by atoms with Gasteiger partial charge in [-0.3, -0.25) is 4.79 Å². The van der Waals surface area contributed by atoms with E-state index in [4.69, 9.17) is 0 Å². The standard InChI is InChI=1S/C17H26N2O/c1-3-19(16-10-12-18-13-11-16)17(20)9-8-15-6-4-14(2)5-7-15/h4-7,16,18H,3,8-13H2,1-2H3. The summed E-state index contributed by atoms with van der Waals surface area (Å²) in [4.78, 5) is 14.5. The number of aryl methyl sites for hydroxylation is 2. The molecule has 0 saturated carbocycles. The molecule has 0 unspecified atom stereocenters. The molecule has 1 aliphatic heterocycles. The third kappa shape index (κ3) is 4.07. The fourth-order valence-corrected chi connectivity index (χ4v) is 2.91. The Morgan fingerprint density at radius 1 is 1.25 bits per heavy atom. The SMILES string of the molecule is CCN(C(=O)CCc1ccc(C)cc1)C1CCNCC1. The number of hydrogen-bond acceptors (Lipinski definition) is 2. The van der Waals surface area contributed by atoms with Crippen LogP contribution >= 0.6 is 0 Å². The predicted molar refractivity (Wildman–Crippen MR) is 82.8 cm³/mol. The minimum atomic E-state index is 0.306. The van der Waals surface area contributed by atoms with Gasteiger partial charge in [0.1, 0.15) is 0 Å². The number of rotatable bonds is 5. The number of carbonyl (C=O) groups is 1. The molecule has 1 fully saturated rings. The zero-order valence-corrected chi connectivity index (χ0v) is 12.7. The molecule has 1 heterocycles. The summed E-state index contributed by atoms with van der Waals surface area (Å²) in [6, 6.07) is 8.92. The second-order valence-electron chi connectivity index (χ2n) is 5.65. The van der Waals surface area contributed by atoms with Crippen molar-refractivity contribution in [3.8, 4) is 0 Å². The van der Waals surface area contributed by atoms with Crippen LogP contribution in [0.4, 0.5) is 0 Å². The quantitative estimate of drug-likeness (QED) is 0.895. The topological polar surface area (TPSA) is 32.3 Å². The molecule has 0 aromatic heterocycles. The summed E-state index contributed by atoms with van der Waals surface area (Å²) < 4.78 is 0. The first-order valence-corrected chi connectivity index (χ1v) is 7.76. The molecular formula is C17H26N2O. The van der Waals surface area contributed by atoms with Crippen LogP contribution in [0.1, 0.15) is 37.3 Å². The molecule has 3 nitrogen and oxygen atoms in total. The van der Waals surface area contributed by atoms with Crippen molar-refractivity contribution in [2.24, 2.45) is 0 Å². The second kappa shape index (κ2) is 7.44. The van der Waals surface area contributed by atoms with Gasteiger partial charge in [0, 0.05) is 19.0 Å². The molecule has 1 saturated heterocycles. The number of nitrogens with one attached hydrogen (secondary N) is 1. The lowest BCUT2D eigenvalue weighted by atomic mass is 10.0. The molecule has 0 radical (unpaired) electrons. The van der Waals surface area contributed by atoms with E-state index in [1.54, 1.807) is 0 Å². The molecule has 0 bridgehead atoms. The monoisotopic (exact) mass is 274 g/mol. The van der Waals surface area contributed by atoms with Gasteiger partial charge in [-0.2, -0.15) is 0 Å². The number of carbonyl (C=O) groups excluding carboxylic acids is 1. The molecule has 1 aromatic rings. The number of benzene rings is 1. The van der Waals surface area contributed by atoms with Crippen LogP contribution in [-0.2, 0) is 11.2 Å². The summed E-state index contributed by atoms with van der Waals surface area (Å²) >= 11 is 0. The Hall–Kier alpha value is -1.35. The zero-order chi connectivity index (χ0) is 14.4. The van der Waals surface area contributed by atoms with Crippen molar-refractivity contribution in [2.45, 2.75) is 45.6 Å². The summed E-state index contributed by atoms with van der Waals surface area (Å²) in [6.45, 7) is 7.08. The van der Waals surface area contributed by atoms with E-state index in [2.05, 4.69) is 48.3 Å². The molecule has 110 valence electrons. The molecule has 0 spiro atoms. The van der Waals surface area contributed by atoms with Crippen molar-refractivity contribution in [1.82, 2.24) is 10.2 Å². The number of hydrogen-bond donors (Lipinski definition) is 1. The highest BCUT2D eigenvalue weighted by Crippen LogP contribution is 2.14. The van der Waals surface area contributed by atoms with Crippen LogP contribution in [0, 0.1) is 6.92 Å². The van der Waals surface area contributed by atoms with E-state index in [0.29, 0.717) is 18.4 Å². The van der Waals surface area contributed by atoms with Crippen LogP contribution in [0.5, 0.6) is 0 Å². The molecule has 1 aliphatic rings. The Labute approximate surface area is 122 Å². The maximum atomic E-state index is 12.4.